The molecule has 2 aromatic rings. The molecule has 0 aliphatic heterocycles. The van der Waals surface area contributed by atoms with Gasteiger partial charge in [0.15, 0.2) is 0 Å². The van der Waals surface area contributed by atoms with E-state index in [2.05, 4.69) is 43.3 Å². The van der Waals surface area contributed by atoms with Crippen molar-refractivity contribution in [1.82, 2.24) is 0 Å². The van der Waals surface area contributed by atoms with E-state index < -0.39 is 12.4 Å². The minimum Gasteiger partial charge on any atom is -0.406 e. The molecule has 0 heterocycles. The lowest BCUT2D eigenvalue weighted by Gasteiger charge is -2.16. The Morgan fingerprint density at radius 2 is 1.86 bits per heavy atom. The highest BCUT2D eigenvalue weighted by atomic mass is 127. The van der Waals surface area contributed by atoms with Gasteiger partial charge in [-0.1, -0.05) is 28.1 Å². The van der Waals surface area contributed by atoms with Crippen LogP contribution in [0.25, 0.3) is 0 Å². The van der Waals surface area contributed by atoms with E-state index in [9.17, 15) is 13.2 Å². The number of hydrogen-bond donors (Lipinski definition) is 1. The van der Waals surface area contributed by atoms with Crippen LogP contribution in [0.1, 0.15) is 17.2 Å². The molecular formula is C14H10BrF3INO. The quantitative estimate of drug-likeness (QED) is 0.639. The Morgan fingerprint density at radius 1 is 1.14 bits per heavy atom. The first-order chi connectivity index (χ1) is 9.76. The highest BCUT2D eigenvalue weighted by Crippen LogP contribution is 2.30. The van der Waals surface area contributed by atoms with E-state index in [1.165, 1.54) is 18.2 Å². The number of halogens is 5. The lowest BCUT2D eigenvalue weighted by molar-refractivity contribution is -0.274. The summed E-state index contributed by atoms with van der Waals surface area (Å²) in [5.74, 6) is -0.277. The Bertz CT molecular complexity index is 648. The van der Waals surface area contributed by atoms with E-state index in [-0.39, 0.29) is 5.75 Å². The predicted octanol–water partition coefficient (Wildman–Crippen LogP) is 5.00. The molecule has 0 bridgehead atoms. The molecule has 2 rings (SSSR count). The van der Waals surface area contributed by atoms with E-state index >= 15 is 0 Å². The van der Waals surface area contributed by atoms with E-state index in [0.717, 1.165) is 13.6 Å². The zero-order valence-corrected chi connectivity index (χ0v) is 14.2. The Hall–Kier alpha value is -0.800. The van der Waals surface area contributed by atoms with Gasteiger partial charge in [0.25, 0.3) is 0 Å². The first-order valence-corrected chi connectivity index (χ1v) is 7.69. The molecule has 1 atom stereocenters. The van der Waals surface area contributed by atoms with Gasteiger partial charge in [0.1, 0.15) is 5.75 Å². The van der Waals surface area contributed by atoms with E-state index in [1.807, 2.05) is 18.2 Å². The Balaban J connectivity index is 2.33. The molecule has 0 aliphatic rings. The molecule has 21 heavy (non-hydrogen) atoms. The van der Waals surface area contributed by atoms with Crippen molar-refractivity contribution >= 4 is 38.5 Å². The summed E-state index contributed by atoms with van der Waals surface area (Å²) < 4.78 is 42.5. The highest BCUT2D eigenvalue weighted by Gasteiger charge is 2.31. The second kappa shape index (κ2) is 6.53. The van der Waals surface area contributed by atoms with Gasteiger partial charge in [0.05, 0.1) is 6.04 Å². The molecule has 1 unspecified atom stereocenters. The van der Waals surface area contributed by atoms with Crippen molar-refractivity contribution in [2.75, 3.05) is 0 Å². The molecule has 0 aromatic heterocycles. The first kappa shape index (κ1) is 16.6. The fraction of sp³-hybridized carbons (Fsp3) is 0.143. The summed E-state index contributed by atoms with van der Waals surface area (Å²) in [6, 6.07) is 10.8. The maximum Gasteiger partial charge on any atom is 0.573 e. The molecule has 0 saturated heterocycles. The summed E-state index contributed by atoms with van der Waals surface area (Å²) in [4.78, 5) is 0. The largest absolute Gasteiger partial charge is 0.573 e. The van der Waals surface area contributed by atoms with Crippen LogP contribution in [0.2, 0.25) is 0 Å². The molecule has 0 radical (unpaired) electrons. The number of rotatable bonds is 3. The molecule has 2 nitrogen and oxygen atoms in total. The summed E-state index contributed by atoms with van der Waals surface area (Å²) >= 11 is 5.50. The minimum absolute atomic E-state index is 0.277. The van der Waals surface area contributed by atoms with Gasteiger partial charge in [-0.3, -0.25) is 0 Å². The van der Waals surface area contributed by atoms with Crippen molar-refractivity contribution in [3.8, 4) is 5.75 Å². The maximum absolute atomic E-state index is 12.3. The van der Waals surface area contributed by atoms with Crippen LogP contribution in [0.4, 0.5) is 13.2 Å². The summed E-state index contributed by atoms with van der Waals surface area (Å²) in [5, 5.41) is 0. The maximum atomic E-state index is 12.3. The standard InChI is InChI=1S/C14H10BrF3INO/c15-9-4-5-12(19)11(7-9)13(20)8-2-1-3-10(6-8)21-14(16,17)18/h1-7,13H,20H2. The minimum atomic E-state index is -4.72. The lowest BCUT2D eigenvalue weighted by Crippen LogP contribution is -2.18. The molecular weight excluding hydrogens is 462 g/mol. The van der Waals surface area contributed by atoms with Crippen LogP contribution in [0.5, 0.6) is 5.75 Å². The fourth-order valence-electron chi connectivity index (χ4n) is 1.84. The second-order valence-electron chi connectivity index (χ2n) is 4.26. The van der Waals surface area contributed by atoms with E-state index in [1.54, 1.807) is 6.07 Å². The van der Waals surface area contributed by atoms with Crippen LogP contribution in [0.15, 0.2) is 46.9 Å². The molecule has 0 saturated carbocycles. The van der Waals surface area contributed by atoms with Crippen molar-refractivity contribution < 1.29 is 17.9 Å². The molecule has 0 amide bonds. The van der Waals surface area contributed by atoms with Crippen molar-refractivity contribution in [2.45, 2.75) is 12.4 Å². The number of hydrogen-bond acceptors (Lipinski definition) is 2. The Labute approximate surface area is 141 Å². The molecule has 112 valence electrons. The fourth-order valence-corrected chi connectivity index (χ4v) is 2.89. The number of alkyl halides is 3. The number of benzene rings is 2. The van der Waals surface area contributed by atoms with E-state index in [4.69, 9.17) is 5.73 Å². The van der Waals surface area contributed by atoms with Gasteiger partial charge < -0.3 is 10.5 Å². The average Bonchev–Trinajstić information content (AvgIpc) is 2.39. The van der Waals surface area contributed by atoms with Gasteiger partial charge in [-0.05, 0) is 64.0 Å². The van der Waals surface area contributed by atoms with Gasteiger partial charge >= 0.3 is 6.36 Å². The topological polar surface area (TPSA) is 35.2 Å². The van der Waals surface area contributed by atoms with Crippen LogP contribution in [0.3, 0.4) is 0 Å². The predicted molar refractivity (Wildman–Crippen MR) is 86.0 cm³/mol. The van der Waals surface area contributed by atoms with Crippen LogP contribution in [-0.4, -0.2) is 6.36 Å². The lowest BCUT2D eigenvalue weighted by atomic mass is 9.99. The zero-order chi connectivity index (χ0) is 15.6. The van der Waals surface area contributed by atoms with Crippen LogP contribution >= 0.6 is 38.5 Å². The third-order valence-electron chi connectivity index (χ3n) is 2.74. The molecule has 0 fully saturated rings. The van der Waals surface area contributed by atoms with Gasteiger partial charge in [0, 0.05) is 8.04 Å². The molecule has 0 aliphatic carbocycles. The van der Waals surface area contributed by atoms with Crippen LogP contribution in [-0.2, 0) is 0 Å². The monoisotopic (exact) mass is 471 g/mol. The number of ether oxygens (including phenoxy) is 1. The summed E-state index contributed by atoms with van der Waals surface area (Å²) in [7, 11) is 0. The first-order valence-electron chi connectivity index (χ1n) is 5.82. The van der Waals surface area contributed by atoms with Crippen molar-refractivity contribution in [1.29, 1.82) is 0 Å². The van der Waals surface area contributed by atoms with Crippen molar-refractivity contribution in [3.63, 3.8) is 0 Å². The summed E-state index contributed by atoms with van der Waals surface area (Å²) in [6.45, 7) is 0. The van der Waals surface area contributed by atoms with Gasteiger partial charge in [0.2, 0.25) is 0 Å². The third-order valence-corrected chi connectivity index (χ3v) is 4.22. The second-order valence-corrected chi connectivity index (χ2v) is 6.34. The Kier molecular flexibility index (Phi) is 5.15. The van der Waals surface area contributed by atoms with Gasteiger partial charge in [-0.15, -0.1) is 13.2 Å². The summed E-state index contributed by atoms with van der Waals surface area (Å²) in [5.41, 5.74) is 7.53. The van der Waals surface area contributed by atoms with Gasteiger partial charge in [-0.2, -0.15) is 0 Å². The Morgan fingerprint density at radius 3 is 2.52 bits per heavy atom. The average molecular weight is 472 g/mol. The van der Waals surface area contributed by atoms with Crippen LogP contribution < -0.4 is 10.5 Å². The molecule has 7 heteroatoms. The normalized spacial score (nSPS) is 13.0. The smallest absolute Gasteiger partial charge is 0.406 e. The SMILES string of the molecule is NC(c1cccc(OC(F)(F)F)c1)c1cc(Br)ccc1I. The summed E-state index contributed by atoms with van der Waals surface area (Å²) in [6.07, 6.45) is -4.72. The number of nitrogens with two attached hydrogens (primary N) is 1. The van der Waals surface area contributed by atoms with Crippen molar-refractivity contribution in [2.24, 2.45) is 5.73 Å². The molecule has 2 aromatic carbocycles. The molecule has 2 N–H and O–H groups in total. The molecule has 0 spiro atoms. The zero-order valence-electron chi connectivity index (χ0n) is 10.5. The third kappa shape index (κ3) is 4.58. The highest BCUT2D eigenvalue weighted by molar-refractivity contribution is 14.1. The van der Waals surface area contributed by atoms with E-state index in [0.29, 0.717) is 5.56 Å². The van der Waals surface area contributed by atoms with Crippen molar-refractivity contribution in [3.05, 3.63) is 61.6 Å². The van der Waals surface area contributed by atoms with Crippen LogP contribution in [0, 0.1) is 3.57 Å². The van der Waals surface area contributed by atoms with Gasteiger partial charge in [-0.25, -0.2) is 0 Å².